The van der Waals surface area contributed by atoms with Crippen molar-refractivity contribution in [3.8, 4) is 5.75 Å². The molecule has 0 heterocycles. The Labute approximate surface area is 110 Å². The second-order valence-corrected chi connectivity index (χ2v) is 3.92. The van der Waals surface area contributed by atoms with Crippen molar-refractivity contribution in [3.05, 3.63) is 41.4 Å². The number of aromatic hydroxyl groups is 1. The minimum absolute atomic E-state index is 0.102. The zero-order valence-corrected chi connectivity index (χ0v) is 10.6. The molecule has 90 valence electrons. The quantitative estimate of drug-likeness (QED) is 0.339. The zero-order valence-electron chi connectivity index (χ0n) is 8.98. The van der Waals surface area contributed by atoms with Crippen molar-refractivity contribution in [2.24, 2.45) is 5.10 Å². The maximum absolute atomic E-state index is 9.50. The number of benzene rings is 1. The van der Waals surface area contributed by atoms with Crippen molar-refractivity contribution in [2.45, 2.75) is 0 Å². The number of thiocarbonyl (C=S) groups is 1. The van der Waals surface area contributed by atoms with Crippen LogP contribution < -0.4 is 10.7 Å². The Bertz CT molecular complexity index is 448. The van der Waals surface area contributed by atoms with Gasteiger partial charge in [0.05, 0.1) is 6.21 Å². The molecule has 0 saturated heterocycles. The zero-order chi connectivity index (χ0) is 12.7. The number of phenols is 1. The first-order chi connectivity index (χ1) is 8.13. The van der Waals surface area contributed by atoms with Gasteiger partial charge in [0.1, 0.15) is 5.75 Å². The van der Waals surface area contributed by atoms with E-state index in [4.69, 9.17) is 23.8 Å². The molecule has 0 fully saturated rings. The molecule has 0 radical (unpaired) electrons. The number of hydrazone groups is 1. The van der Waals surface area contributed by atoms with Crippen LogP contribution in [-0.4, -0.2) is 23.0 Å². The molecule has 0 spiro atoms. The van der Waals surface area contributed by atoms with Crippen molar-refractivity contribution >= 4 is 35.1 Å². The van der Waals surface area contributed by atoms with E-state index in [0.29, 0.717) is 22.2 Å². The number of phenolic OH excluding ortho intramolecular Hbond substituents is 1. The molecule has 0 aliphatic carbocycles. The second kappa shape index (κ2) is 6.88. The van der Waals surface area contributed by atoms with Crippen molar-refractivity contribution in [3.63, 3.8) is 0 Å². The van der Waals surface area contributed by atoms with E-state index in [1.807, 2.05) is 0 Å². The highest BCUT2D eigenvalue weighted by molar-refractivity contribution is 7.80. The van der Waals surface area contributed by atoms with Crippen LogP contribution >= 0.6 is 23.8 Å². The SMILES string of the molecule is C=CCNC(=S)N/N=C/c1cc(Cl)ccc1O. The molecule has 1 aromatic rings. The highest BCUT2D eigenvalue weighted by Gasteiger charge is 1.98. The van der Waals surface area contributed by atoms with E-state index in [0.717, 1.165) is 0 Å². The molecule has 0 aromatic heterocycles. The molecule has 0 amide bonds. The largest absolute Gasteiger partial charge is 0.507 e. The Morgan fingerprint density at radius 2 is 2.35 bits per heavy atom. The summed E-state index contributed by atoms with van der Waals surface area (Å²) in [6.45, 7) is 4.11. The lowest BCUT2D eigenvalue weighted by Crippen LogP contribution is -2.31. The van der Waals surface area contributed by atoms with Crippen LogP contribution in [0.15, 0.2) is 36.0 Å². The van der Waals surface area contributed by atoms with E-state index in [2.05, 4.69) is 22.4 Å². The van der Waals surface area contributed by atoms with Crippen molar-refractivity contribution < 1.29 is 5.11 Å². The number of nitrogens with zero attached hydrogens (tertiary/aromatic N) is 1. The summed E-state index contributed by atoms with van der Waals surface area (Å²) in [5, 5.41) is 17.1. The summed E-state index contributed by atoms with van der Waals surface area (Å²) < 4.78 is 0. The first-order valence-corrected chi connectivity index (χ1v) is 5.58. The Balaban J connectivity index is 2.56. The summed E-state index contributed by atoms with van der Waals surface area (Å²) in [5.74, 6) is 0.102. The van der Waals surface area contributed by atoms with Gasteiger partial charge in [0, 0.05) is 17.1 Å². The fourth-order valence-electron chi connectivity index (χ4n) is 0.994. The Morgan fingerprint density at radius 1 is 1.59 bits per heavy atom. The van der Waals surface area contributed by atoms with Crippen molar-refractivity contribution in [1.82, 2.24) is 10.7 Å². The molecule has 1 rings (SSSR count). The smallest absolute Gasteiger partial charge is 0.187 e. The average Bonchev–Trinajstić information content (AvgIpc) is 2.31. The van der Waals surface area contributed by atoms with Crippen LogP contribution in [0.3, 0.4) is 0 Å². The van der Waals surface area contributed by atoms with Crippen molar-refractivity contribution in [2.75, 3.05) is 6.54 Å². The summed E-state index contributed by atoms with van der Waals surface area (Å²) in [4.78, 5) is 0. The molecular weight excluding hydrogens is 258 g/mol. The third-order valence-electron chi connectivity index (χ3n) is 1.77. The molecule has 0 saturated carbocycles. The molecule has 17 heavy (non-hydrogen) atoms. The monoisotopic (exact) mass is 269 g/mol. The lowest BCUT2D eigenvalue weighted by atomic mass is 10.2. The predicted octanol–water partition coefficient (Wildman–Crippen LogP) is 2.03. The van der Waals surface area contributed by atoms with E-state index in [9.17, 15) is 5.11 Å². The molecule has 0 atom stereocenters. The average molecular weight is 270 g/mol. The van der Waals surface area contributed by atoms with Crippen LogP contribution in [0.4, 0.5) is 0 Å². The number of nitrogens with one attached hydrogen (secondary N) is 2. The van der Waals surface area contributed by atoms with Gasteiger partial charge in [0.2, 0.25) is 0 Å². The number of hydrogen-bond acceptors (Lipinski definition) is 3. The third kappa shape index (κ3) is 4.84. The van der Waals surface area contributed by atoms with E-state index < -0.39 is 0 Å². The van der Waals surface area contributed by atoms with Gasteiger partial charge in [-0.1, -0.05) is 17.7 Å². The lowest BCUT2D eigenvalue weighted by molar-refractivity contribution is 0.474. The predicted molar refractivity (Wildman–Crippen MR) is 74.6 cm³/mol. The topological polar surface area (TPSA) is 56.7 Å². The molecule has 6 heteroatoms. The molecule has 1 aromatic carbocycles. The van der Waals surface area contributed by atoms with Crippen molar-refractivity contribution in [1.29, 1.82) is 0 Å². The van der Waals surface area contributed by atoms with E-state index in [-0.39, 0.29) is 5.75 Å². The van der Waals surface area contributed by atoms with E-state index in [1.165, 1.54) is 12.3 Å². The number of halogens is 1. The molecular formula is C11H12ClN3OS. The van der Waals surface area contributed by atoms with Gasteiger partial charge in [0.15, 0.2) is 5.11 Å². The van der Waals surface area contributed by atoms with Crippen LogP contribution in [0.25, 0.3) is 0 Å². The highest BCUT2D eigenvalue weighted by Crippen LogP contribution is 2.19. The molecule has 0 aliphatic heterocycles. The number of hydrogen-bond donors (Lipinski definition) is 3. The maximum atomic E-state index is 9.50. The fourth-order valence-corrected chi connectivity index (χ4v) is 1.31. The van der Waals surface area contributed by atoms with Gasteiger partial charge in [0.25, 0.3) is 0 Å². The Kier molecular flexibility index (Phi) is 5.45. The summed E-state index contributed by atoms with van der Waals surface area (Å²) in [5.41, 5.74) is 3.11. The molecule has 0 unspecified atom stereocenters. The van der Waals surface area contributed by atoms with E-state index >= 15 is 0 Å². The summed E-state index contributed by atoms with van der Waals surface area (Å²) in [7, 11) is 0. The second-order valence-electron chi connectivity index (χ2n) is 3.07. The molecule has 0 bridgehead atoms. The minimum Gasteiger partial charge on any atom is -0.507 e. The van der Waals surface area contributed by atoms with Gasteiger partial charge < -0.3 is 10.4 Å². The van der Waals surface area contributed by atoms with Crippen LogP contribution in [0, 0.1) is 0 Å². The van der Waals surface area contributed by atoms with Gasteiger partial charge in [-0.05, 0) is 30.4 Å². The van der Waals surface area contributed by atoms with Gasteiger partial charge in [-0.15, -0.1) is 6.58 Å². The highest BCUT2D eigenvalue weighted by atomic mass is 35.5. The summed E-state index contributed by atoms with van der Waals surface area (Å²) in [6, 6.07) is 4.69. The maximum Gasteiger partial charge on any atom is 0.187 e. The first kappa shape index (κ1) is 13.5. The lowest BCUT2D eigenvalue weighted by Gasteiger charge is -2.03. The van der Waals surface area contributed by atoms with Gasteiger partial charge in [-0.3, -0.25) is 5.43 Å². The molecule has 4 nitrogen and oxygen atoms in total. The van der Waals surface area contributed by atoms with Crippen LogP contribution in [0.5, 0.6) is 5.75 Å². The normalized spacial score (nSPS) is 10.2. The van der Waals surface area contributed by atoms with Crippen LogP contribution in [0.2, 0.25) is 5.02 Å². The standard InChI is InChI=1S/C11H12ClN3OS/c1-2-5-13-11(17)15-14-7-8-6-9(12)3-4-10(8)16/h2-4,6-7,16H,1,5H2,(H2,13,15,17)/b14-7+. The van der Waals surface area contributed by atoms with E-state index in [1.54, 1.807) is 18.2 Å². The number of rotatable bonds is 4. The minimum atomic E-state index is 0.102. The van der Waals surface area contributed by atoms with Crippen LogP contribution in [0.1, 0.15) is 5.56 Å². The fraction of sp³-hybridized carbons (Fsp3) is 0.0909. The summed E-state index contributed by atoms with van der Waals surface area (Å²) in [6.07, 6.45) is 3.11. The Morgan fingerprint density at radius 3 is 3.06 bits per heavy atom. The molecule has 3 N–H and O–H groups in total. The van der Waals surface area contributed by atoms with Crippen LogP contribution in [-0.2, 0) is 0 Å². The third-order valence-corrected chi connectivity index (χ3v) is 2.24. The van der Waals surface area contributed by atoms with Gasteiger partial charge in [-0.25, -0.2) is 0 Å². The Hall–Kier alpha value is -1.59. The summed E-state index contributed by atoms with van der Waals surface area (Å²) >= 11 is 10.7. The van der Waals surface area contributed by atoms with Gasteiger partial charge in [-0.2, -0.15) is 5.10 Å². The molecule has 0 aliphatic rings. The first-order valence-electron chi connectivity index (χ1n) is 4.80. The van der Waals surface area contributed by atoms with Gasteiger partial charge >= 0.3 is 0 Å².